The number of carbonyl (C=O) groups excluding carboxylic acids is 1. The Labute approximate surface area is 93.4 Å². The Hall–Kier alpha value is -0.530. The van der Waals surface area contributed by atoms with Gasteiger partial charge in [-0.15, -0.1) is 0 Å². The molecule has 1 aliphatic carbocycles. The molecule has 0 amide bonds. The van der Waals surface area contributed by atoms with Crippen molar-refractivity contribution < 1.29 is 9.53 Å². The average molecular weight is 212 g/mol. The molecule has 0 atom stereocenters. The lowest BCUT2D eigenvalue weighted by atomic mass is 9.77. The van der Waals surface area contributed by atoms with Crippen LogP contribution in [0.3, 0.4) is 0 Å². The van der Waals surface area contributed by atoms with Crippen molar-refractivity contribution in [3.63, 3.8) is 0 Å². The molecule has 0 aromatic heterocycles. The first kappa shape index (κ1) is 12.5. The van der Waals surface area contributed by atoms with Crippen molar-refractivity contribution in [2.24, 2.45) is 5.92 Å². The summed E-state index contributed by atoms with van der Waals surface area (Å²) in [5, 5.41) is 0. The topological polar surface area (TPSA) is 26.3 Å². The maximum atomic E-state index is 10.6. The standard InChI is InChI=1S/C13H24O2/c1-3-12(4-2)10-13(15-11-14)8-6-5-7-9-13/h11-12H,3-10H2,1-2H3. The maximum absolute atomic E-state index is 10.6. The summed E-state index contributed by atoms with van der Waals surface area (Å²) < 4.78 is 5.42. The summed E-state index contributed by atoms with van der Waals surface area (Å²) in [7, 11) is 0. The predicted molar refractivity (Wildman–Crippen MR) is 61.7 cm³/mol. The van der Waals surface area contributed by atoms with Crippen molar-refractivity contribution in [1.29, 1.82) is 0 Å². The van der Waals surface area contributed by atoms with Crippen molar-refractivity contribution in [3.8, 4) is 0 Å². The van der Waals surface area contributed by atoms with Gasteiger partial charge in [-0.25, -0.2) is 0 Å². The lowest BCUT2D eigenvalue weighted by Gasteiger charge is -2.37. The maximum Gasteiger partial charge on any atom is 0.293 e. The minimum absolute atomic E-state index is 0.114. The molecule has 1 rings (SSSR count). The van der Waals surface area contributed by atoms with Crippen LogP contribution < -0.4 is 0 Å². The number of ether oxygens (including phenoxy) is 1. The van der Waals surface area contributed by atoms with Gasteiger partial charge in [0.2, 0.25) is 0 Å². The molecule has 0 aromatic rings. The average Bonchev–Trinajstić information content (AvgIpc) is 2.28. The van der Waals surface area contributed by atoms with Gasteiger partial charge < -0.3 is 4.74 Å². The second-order valence-electron chi connectivity index (χ2n) is 4.84. The van der Waals surface area contributed by atoms with Crippen LogP contribution in [-0.2, 0) is 9.53 Å². The van der Waals surface area contributed by atoms with Crippen molar-refractivity contribution >= 4 is 6.47 Å². The van der Waals surface area contributed by atoms with Crippen LogP contribution >= 0.6 is 0 Å². The molecule has 1 fully saturated rings. The predicted octanol–water partition coefficient (Wildman–Crippen LogP) is 3.69. The van der Waals surface area contributed by atoms with Crippen LogP contribution in [0.2, 0.25) is 0 Å². The van der Waals surface area contributed by atoms with Crippen LogP contribution in [0.1, 0.15) is 65.2 Å². The van der Waals surface area contributed by atoms with Gasteiger partial charge in [-0.1, -0.05) is 33.1 Å². The molecule has 0 aliphatic heterocycles. The largest absolute Gasteiger partial charge is 0.461 e. The van der Waals surface area contributed by atoms with E-state index < -0.39 is 0 Å². The van der Waals surface area contributed by atoms with Crippen LogP contribution in [0.15, 0.2) is 0 Å². The molecule has 0 heterocycles. The van der Waals surface area contributed by atoms with E-state index in [9.17, 15) is 4.79 Å². The fourth-order valence-corrected chi connectivity index (χ4v) is 2.77. The van der Waals surface area contributed by atoms with Gasteiger partial charge in [-0.05, 0) is 38.0 Å². The van der Waals surface area contributed by atoms with E-state index in [0.717, 1.165) is 19.3 Å². The van der Waals surface area contributed by atoms with Gasteiger partial charge >= 0.3 is 0 Å². The van der Waals surface area contributed by atoms with Gasteiger partial charge in [0.25, 0.3) is 6.47 Å². The minimum Gasteiger partial charge on any atom is -0.461 e. The monoisotopic (exact) mass is 212 g/mol. The smallest absolute Gasteiger partial charge is 0.293 e. The highest BCUT2D eigenvalue weighted by molar-refractivity contribution is 5.38. The Morgan fingerprint density at radius 2 is 1.80 bits per heavy atom. The third-order valence-corrected chi connectivity index (χ3v) is 3.88. The fourth-order valence-electron chi connectivity index (χ4n) is 2.77. The first-order chi connectivity index (χ1) is 7.26. The van der Waals surface area contributed by atoms with Crippen LogP contribution in [0.5, 0.6) is 0 Å². The molecule has 88 valence electrons. The highest BCUT2D eigenvalue weighted by Crippen LogP contribution is 2.37. The highest BCUT2D eigenvalue weighted by atomic mass is 16.5. The molecule has 0 saturated heterocycles. The molecule has 0 radical (unpaired) electrons. The molecule has 0 spiro atoms. The van der Waals surface area contributed by atoms with E-state index in [1.54, 1.807) is 0 Å². The van der Waals surface area contributed by atoms with Gasteiger partial charge in [0, 0.05) is 0 Å². The second kappa shape index (κ2) is 6.14. The summed E-state index contributed by atoms with van der Waals surface area (Å²) in [4.78, 5) is 10.6. The van der Waals surface area contributed by atoms with Gasteiger partial charge in [0.1, 0.15) is 5.60 Å². The van der Waals surface area contributed by atoms with E-state index in [4.69, 9.17) is 4.74 Å². The third-order valence-electron chi connectivity index (χ3n) is 3.88. The van der Waals surface area contributed by atoms with Crippen molar-refractivity contribution in [2.45, 2.75) is 70.8 Å². The van der Waals surface area contributed by atoms with Crippen molar-refractivity contribution in [1.82, 2.24) is 0 Å². The summed E-state index contributed by atoms with van der Waals surface area (Å²) in [5.74, 6) is 0.711. The zero-order valence-corrected chi connectivity index (χ0v) is 10.1. The van der Waals surface area contributed by atoms with E-state index >= 15 is 0 Å². The second-order valence-corrected chi connectivity index (χ2v) is 4.84. The lowest BCUT2D eigenvalue weighted by molar-refractivity contribution is -0.149. The first-order valence-electron chi connectivity index (χ1n) is 6.38. The zero-order chi connectivity index (χ0) is 11.1. The van der Waals surface area contributed by atoms with E-state index in [-0.39, 0.29) is 5.60 Å². The first-order valence-corrected chi connectivity index (χ1v) is 6.38. The Balaban J connectivity index is 2.58. The molecule has 1 saturated carbocycles. The molecule has 0 aromatic carbocycles. The fraction of sp³-hybridized carbons (Fsp3) is 0.923. The Kier molecular flexibility index (Phi) is 5.13. The third kappa shape index (κ3) is 3.51. The Morgan fingerprint density at radius 1 is 1.20 bits per heavy atom. The minimum atomic E-state index is -0.114. The van der Waals surface area contributed by atoms with Crippen LogP contribution in [-0.4, -0.2) is 12.1 Å². The van der Waals surface area contributed by atoms with Crippen LogP contribution in [0.4, 0.5) is 0 Å². The quantitative estimate of drug-likeness (QED) is 0.628. The summed E-state index contributed by atoms with van der Waals surface area (Å²) in [6, 6.07) is 0. The number of rotatable bonds is 6. The molecular weight excluding hydrogens is 188 g/mol. The van der Waals surface area contributed by atoms with Crippen LogP contribution in [0.25, 0.3) is 0 Å². The SMILES string of the molecule is CCC(CC)CC1(OC=O)CCCCC1. The van der Waals surface area contributed by atoms with Gasteiger partial charge in [-0.3, -0.25) is 4.79 Å². The molecule has 15 heavy (non-hydrogen) atoms. The number of carbonyl (C=O) groups is 1. The van der Waals surface area contributed by atoms with Gasteiger partial charge in [-0.2, -0.15) is 0 Å². The number of hydrogen-bond acceptors (Lipinski definition) is 2. The Bertz CT molecular complexity index is 179. The van der Waals surface area contributed by atoms with E-state index in [2.05, 4.69) is 13.8 Å². The highest BCUT2D eigenvalue weighted by Gasteiger charge is 2.35. The summed E-state index contributed by atoms with van der Waals surface area (Å²) in [5.41, 5.74) is -0.114. The molecule has 2 nitrogen and oxygen atoms in total. The zero-order valence-electron chi connectivity index (χ0n) is 10.1. The molecule has 2 heteroatoms. The van der Waals surface area contributed by atoms with E-state index in [0.29, 0.717) is 12.4 Å². The van der Waals surface area contributed by atoms with Crippen molar-refractivity contribution in [2.75, 3.05) is 0 Å². The molecule has 1 aliphatic rings. The van der Waals surface area contributed by atoms with E-state index in [1.807, 2.05) is 0 Å². The van der Waals surface area contributed by atoms with Gasteiger partial charge in [0.05, 0.1) is 0 Å². The summed E-state index contributed by atoms with van der Waals surface area (Å²) in [6.45, 7) is 5.12. The van der Waals surface area contributed by atoms with Crippen LogP contribution in [0, 0.1) is 5.92 Å². The summed E-state index contributed by atoms with van der Waals surface area (Å²) >= 11 is 0. The van der Waals surface area contributed by atoms with E-state index in [1.165, 1.54) is 32.1 Å². The number of hydrogen-bond donors (Lipinski definition) is 0. The molecule has 0 N–H and O–H groups in total. The van der Waals surface area contributed by atoms with Gasteiger partial charge in [0.15, 0.2) is 0 Å². The Morgan fingerprint density at radius 3 is 2.27 bits per heavy atom. The normalized spacial score (nSPS) is 20.2. The molecule has 0 bridgehead atoms. The lowest BCUT2D eigenvalue weighted by Crippen LogP contribution is -2.36. The van der Waals surface area contributed by atoms with Crippen molar-refractivity contribution in [3.05, 3.63) is 0 Å². The molecular formula is C13H24O2. The molecule has 0 unspecified atom stereocenters. The summed E-state index contributed by atoms with van der Waals surface area (Å²) in [6.07, 6.45) is 9.33.